The van der Waals surface area contributed by atoms with Gasteiger partial charge in [-0.1, -0.05) is 0 Å². The largest absolute Gasteiger partial charge is 0.469 e. The first kappa shape index (κ1) is 12.9. The molecule has 0 spiro atoms. The molecule has 0 radical (unpaired) electrons. The first-order valence-electron chi connectivity index (χ1n) is 4.20. The third kappa shape index (κ3) is 5.50. The van der Waals surface area contributed by atoms with Crippen molar-refractivity contribution in [2.75, 3.05) is 27.4 Å². The molecule has 0 bridgehead atoms. The molecule has 82 valence electrons. The zero-order chi connectivity index (χ0) is 11.0. The molecular weight excluding hydrogens is 188 g/mol. The first-order chi connectivity index (χ1) is 6.61. The number of carbonyl (C=O) groups is 2. The summed E-state index contributed by atoms with van der Waals surface area (Å²) in [4.78, 5) is 21.8. The summed E-state index contributed by atoms with van der Waals surface area (Å²) in [5, 5.41) is 2.49. The number of hydrogen-bond acceptors (Lipinski definition) is 5. The molecule has 0 aromatic carbocycles. The standard InChI is InChI=1S/C8H16N2O4/c1-13-5-6(9)8(12)10-4-3-7(11)14-2/h6H,3-5,9H2,1-2H3,(H,10,12). The summed E-state index contributed by atoms with van der Waals surface area (Å²) >= 11 is 0. The quantitative estimate of drug-likeness (QED) is 0.521. The second kappa shape index (κ2) is 7.28. The highest BCUT2D eigenvalue weighted by molar-refractivity contribution is 5.82. The molecule has 0 saturated carbocycles. The Morgan fingerprint density at radius 2 is 2.07 bits per heavy atom. The van der Waals surface area contributed by atoms with Gasteiger partial charge in [0.05, 0.1) is 20.1 Å². The molecule has 0 fully saturated rings. The number of amides is 1. The third-order valence-corrected chi connectivity index (χ3v) is 1.54. The molecule has 6 heteroatoms. The summed E-state index contributed by atoms with van der Waals surface area (Å²) in [6.45, 7) is 0.382. The van der Waals surface area contributed by atoms with E-state index in [1.54, 1.807) is 0 Å². The van der Waals surface area contributed by atoms with Crippen LogP contribution < -0.4 is 11.1 Å². The predicted octanol–water partition coefficient (Wildman–Crippen LogP) is -1.36. The average Bonchev–Trinajstić information content (AvgIpc) is 2.17. The lowest BCUT2D eigenvalue weighted by Crippen LogP contribution is -2.44. The minimum atomic E-state index is -0.697. The fraction of sp³-hybridized carbons (Fsp3) is 0.750. The topological polar surface area (TPSA) is 90.6 Å². The summed E-state index contributed by atoms with van der Waals surface area (Å²) in [6, 6.07) is -0.697. The minimum Gasteiger partial charge on any atom is -0.469 e. The van der Waals surface area contributed by atoms with Crippen molar-refractivity contribution in [1.29, 1.82) is 0 Å². The van der Waals surface area contributed by atoms with Crippen LogP contribution in [0.25, 0.3) is 0 Å². The first-order valence-corrected chi connectivity index (χ1v) is 4.20. The lowest BCUT2D eigenvalue weighted by Gasteiger charge is -2.10. The van der Waals surface area contributed by atoms with Crippen LogP contribution in [0.3, 0.4) is 0 Å². The number of nitrogens with one attached hydrogen (secondary N) is 1. The molecule has 0 aliphatic rings. The van der Waals surface area contributed by atoms with E-state index < -0.39 is 6.04 Å². The van der Waals surface area contributed by atoms with E-state index in [-0.39, 0.29) is 31.4 Å². The van der Waals surface area contributed by atoms with E-state index in [1.165, 1.54) is 14.2 Å². The number of esters is 1. The highest BCUT2D eigenvalue weighted by Gasteiger charge is 2.12. The van der Waals surface area contributed by atoms with Crippen molar-refractivity contribution < 1.29 is 19.1 Å². The van der Waals surface area contributed by atoms with E-state index in [0.29, 0.717) is 0 Å². The molecule has 6 nitrogen and oxygen atoms in total. The van der Waals surface area contributed by atoms with Crippen LogP contribution in [0.4, 0.5) is 0 Å². The predicted molar refractivity (Wildman–Crippen MR) is 49.5 cm³/mol. The molecule has 0 aromatic heterocycles. The van der Waals surface area contributed by atoms with Gasteiger partial charge in [-0.05, 0) is 0 Å². The maximum Gasteiger partial charge on any atom is 0.307 e. The van der Waals surface area contributed by atoms with E-state index in [0.717, 1.165) is 0 Å². The van der Waals surface area contributed by atoms with Crippen molar-refractivity contribution in [3.63, 3.8) is 0 Å². The van der Waals surface area contributed by atoms with Gasteiger partial charge < -0.3 is 20.5 Å². The number of hydrogen-bond donors (Lipinski definition) is 2. The SMILES string of the molecule is COCC(N)C(=O)NCCC(=O)OC. The summed E-state index contributed by atoms with van der Waals surface area (Å²) in [5.74, 6) is -0.707. The Labute approximate surface area is 82.7 Å². The number of nitrogens with two attached hydrogens (primary N) is 1. The van der Waals surface area contributed by atoms with Crippen LogP contribution in [-0.2, 0) is 19.1 Å². The van der Waals surface area contributed by atoms with Gasteiger partial charge in [0, 0.05) is 13.7 Å². The van der Waals surface area contributed by atoms with Gasteiger partial charge in [-0.3, -0.25) is 9.59 Å². The lowest BCUT2D eigenvalue weighted by molar-refractivity contribution is -0.140. The van der Waals surface area contributed by atoms with Crippen LogP contribution in [0.15, 0.2) is 0 Å². The highest BCUT2D eigenvalue weighted by Crippen LogP contribution is 1.84. The van der Waals surface area contributed by atoms with Crippen LogP contribution >= 0.6 is 0 Å². The molecule has 0 aliphatic heterocycles. The number of carbonyl (C=O) groups excluding carboxylic acids is 2. The maximum atomic E-state index is 11.1. The van der Waals surface area contributed by atoms with Crippen molar-refractivity contribution in [2.45, 2.75) is 12.5 Å². The Morgan fingerprint density at radius 3 is 2.57 bits per heavy atom. The Morgan fingerprint density at radius 1 is 1.43 bits per heavy atom. The van der Waals surface area contributed by atoms with Gasteiger partial charge in [-0.2, -0.15) is 0 Å². The number of ether oxygens (including phenoxy) is 2. The van der Waals surface area contributed by atoms with Crippen LogP contribution in [-0.4, -0.2) is 45.3 Å². The Hall–Kier alpha value is -1.14. The molecule has 1 amide bonds. The van der Waals surface area contributed by atoms with E-state index in [4.69, 9.17) is 10.5 Å². The highest BCUT2D eigenvalue weighted by atomic mass is 16.5. The molecule has 1 unspecified atom stereocenters. The van der Waals surface area contributed by atoms with Gasteiger partial charge in [0.1, 0.15) is 6.04 Å². The molecule has 0 rings (SSSR count). The molecule has 0 aliphatic carbocycles. The minimum absolute atomic E-state index is 0.141. The average molecular weight is 204 g/mol. The second-order valence-corrected chi connectivity index (χ2v) is 2.68. The van der Waals surface area contributed by atoms with E-state index in [9.17, 15) is 9.59 Å². The Balaban J connectivity index is 3.58. The van der Waals surface area contributed by atoms with Gasteiger partial charge in [0.15, 0.2) is 0 Å². The molecule has 3 N–H and O–H groups in total. The van der Waals surface area contributed by atoms with Gasteiger partial charge in [-0.25, -0.2) is 0 Å². The van der Waals surface area contributed by atoms with Crippen molar-refractivity contribution in [3.8, 4) is 0 Å². The summed E-state index contributed by atoms with van der Waals surface area (Å²) < 4.78 is 9.09. The fourth-order valence-electron chi connectivity index (χ4n) is 0.776. The number of rotatable bonds is 6. The fourth-order valence-corrected chi connectivity index (χ4v) is 0.776. The maximum absolute atomic E-state index is 11.1. The summed E-state index contributed by atoms with van der Waals surface area (Å²) in [7, 11) is 2.75. The van der Waals surface area contributed by atoms with Crippen LogP contribution in [0.1, 0.15) is 6.42 Å². The normalized spacial score (nSPS) is 11.9. The lowest BCUT2D eigenvalue weighted by atomic mass is 10.3. The monoisotopic (exact) mass is 204 g/mol. The zero-order valence-corrected chi connectivity index (χ0v) is 8.41. The molecule has 14 heavy (non-hydrogen) atoms. The molecule has 0 aromatic rings. The van der Waals surface area contributed by atoms with E-state index in [1.807, 2.05) is 0 Å². The molecular formula is C8H16N2O4. The molecule has 0 saturated heterocycles. The van der Waals surface area contributed by atoms with Crippen LogP contribution in [0.5, 0.6) is 0 Å². The van der Waals surface area contributed by atoms with Gasteiger partial charge in [0.25, 0.3) is 0 Å². The van der Waals surface area contributed by atoms with Crippen molar-refractivity contribution in [3.05, 3.63) is 0 Å². The Kier molecular flexibility index (Phi) is 6.69. The van der Waals surface area contributed by atoms with E-state index in [2.05, 4.69) is 10.1 Å². The molecule has 0 heterocycles. The number of methoxy groups -OCH3 is 2. The van der Waals surface area contributed by atoms with Gasteiger partial charge in [0.2, 0.25) is 5.91 Å². The summed E-state index contributed by atoms with van der Waals surface area (Å²) in [6.07, 6.45) is 0.141. The van der Waals surface area contributed by atoms with Crippen LogP contribution in [0, 0.1) is 0 Å². The van der Waals surface area contributed by atoms with Crippen molar-refractivity contribution in [2.24, 2.45) is 5.73 Å². The van der Waals surface area contributed by atoms with E-state index >= 15 is 0 Å². The van der Waals surface area contributed by atoms with Crippen molar-refractivity contribution in [1.82, 2.24) is 5.32 Å². The van der Waals surface area contributed by atoms with Gasteiger partial charge >= 0.3 is 5.97 Å². The van der Waals surface area contributed by atoms with Crippen LogP contribution in [0.2, 0.25) is 0 Å². The zero-order valence-electron chi connectivity index (χ0n) is 8.41. The van der Waals surface area contributed by atoms with Crippen molar-refractivity contribution >= 4 is 11.9 Å². The van der Waals surface area contributed by atoms with Gasteiger partial charge in [-0.15, -0.1) is 0 Å². The smallest absolute Gasteiger partial charge is 0.307 e. The summed E-state index contributed by atoms with van der Waals surface area (Å²) in [5.41, 5.74) is 5.42. The Bertz CT molecular complexity index is 196. The second-order valence-electron chi connectivity index (χ2n) is 2.68. The third-order valence-electron chi connectivity index (χ3n) is 1.54. The molecule has 1 atom stereocenters.